The second-order valence-electron chi connectivity index (χ2n) is 5.20. The zero-order chi connectivity index (χ0) is 14.5. The Morgan fingerprint density at radius 2 is 1.74 bits per heavy atom. The molecule has 0 unspecified atom stereocenters. The summed E-state index contributed by atoms with van der Waals surface area (Å²) in [4.78, 5) is 11.7. The Balaban J connectivity index is 2.47. The van der Waals surface area contributed by atoms with Crippen LogP contribution in [0.15, 0.2) is 24.3 Å². The molecule has 0 heterocycles. The molecule has 0 aromatic heterocycles. The number of halogens is 3. The summed E-state index contributed by atoms with van der Waals surface area (Å²) in [6.45, 7) is 4.20. The van der Waals surface area contributed by atoms with Crippen LogP contribution in [0.3, 0.4) is 0 Å². The molecule has 1 aromatic carbocycles. The quantitative estimate of drug-likeness (QED) is 0.737. The largest absolute Gasteiger partial charge is 0.416 e. The molecule has 0 amide bonds. The first-order valence-corrected chi connectivity index (χ1v) is 6.47. The number of alkyl halides is 3. The van der Waals surface area contributed by atoms with E-state index in [1.54, 1.807) is 0 Å². The van der Waals surface area contributed by atoms with E-state index in [9.17, 15) is 18.0 Å². The van der Waals surface area contributed by atoms with Crippen molar-refractivity contribution in [1.82, 2.24) is 0 Å². The molecule has 0 radical (unpaired) electrons. The van der Waals surface area contributed by atoms with Gasteiger partial charge < -0.3 is 0 Å². The van der Waals surface area contributed by atoms with Crippen LogP contribution < -0.4 is 0 Å². The lowest BCUT2D eigenvalue weighted by atomic mass is 10.0. The van der Waals surface area contributed by atoms with E-state index in [1.165, 1.54) is 12.1 Å². The molecular weight excluding hydrogens is 253 g/mol. The lowest BCUT2D eigenvalue weighted by Gasteiger charge is -2.07. The number of carbonyl (C=O) groups excluding carboxylic acids is 1. The first kappa shape index (κ1) is 15.7. The van der Waals surface area contributed by atoms with Gasteiger partial charge in [-0.15, -0.1) is 0 Å². The molecule has 0 N–H and O–H groups in total. The maximum atomic E-state index is 12.4. The number of Topliss-reactive ketones (excluding diaryl/α,β-unsaturated/α-hetero) is 1. The van der Waals surface area contributed by atoms with E-state index in [2.05, 4.69) is 13.8 Å². The minimum Gasteiger partial charge on any atom is -0.299 e. The van der Waals surface area contributed by atoms with Crippen molar-refractivity contribution in [2.75, 3.05) is 0 Å². The summed E-state index contributed by atoms with van der Waals surface area (Å²) in [5.41, 5.74) is -0.0361. The van der Waals surface area contributed by atoms with Gasteiger partial charge in [0.05, 0.1) is 5.56 Å². The highest BCUT2D eigenvalue weighted by Gasteiger charge is 2.29. The number of hydrogen-bond donors (Lipinski definition) is 0. The highest BCUT2D eigenvalue weighted by Crippen LogP contribution is 2.29. The van der Waals surface area contributed by atoms with Gasteiger partial charge in [0.25, 0.3) is 0 Å². The zero-order valence-electron chi connectivity index (χ0n) is 11.3. The lowest BCUT2D eigenvalue weighted by molar-refractivity contribution is -0.137. The molecule has 0 aliphatic heterocycles. The van der Waals surface area contributed by atoms with Crippen LogP contribution in [0, 0.1) is 5.92 Å². The Hall–Kier alpha value is -1.32. The number of benzene rings is 1. The molecule has 1 aromatic rings. The van der Waals surface area contributed by atoms with Crippen LogP contribution in [0.1, 0.15) is 44.2 Å². The van der Waals surface area contributed by atoms with Crippen molar-refractivity contribution in [3.05, 3.63) is 35.4 Å². The molecular formula is C15H19F3O. The summed E-state index contributed by atoms with van der Waals surface area (Å²) in [7, 11) is 0. The van der Waals surface area contributed by atoms with Crippen molar-refractivity contribution >= 4 is 5.78 Å². The summed E-state index contributed by atoms with van der Waals surface area (Å²) in [6.07, 6.45) is -1.76. The van der Waals surface area contributed by atoms with E-state index in [4.69, 9.17) is 0 Å². The number of rotatable bonds is 6. The van der Waals surface area contributed by atoms with Gasteiger partial charge in [0, 0.05) is 12.8 Å². The smallest absolute Gasteiger partial charge is 0.299 e. The average molecular weight is 272 g/mol. The fraction of sp³-hybridized carbons (Fsp3) is 0.533. The third-order valence-electron chi connectivity index (χ3n) is 2.92. The molecule has 0 aliphatic rings. The topological polar surface area (TPSA) is 17.1 Å². The summed E-state index contributed by atoms with van der Waals surface area (Å²) >= 11 is 0. The van der Waals surface area contributed by atoms with Gasteiger partial charge in [-0.1, -0.05) is 32.4 Å². The van der Waals surface area contributed by atoms with Crippen molar-refractivity contribution in [2.45, 2.75) is 45.7 Å². The van der Waals surface area contributed by atoms with E-state index >= 15 is 0 Å². The molecule has 0 spiro atoms. The van der Waals surface area contributed by atoms with Gasteiger partial charge >= 0.3 is 6.18 Å². The van der Waals surface area contributed by atoms with E-state index in [0.29, 0.717) is 17.9 Å². The molecule has 1 nitrogen and oxygen atoms in total. The standard InChI is InChI=1S/C15H19F3O/c1-11(2)4-3-5-14(19)10-12-6-8-13(9-7-12)15(16,17)18/h6-9,11H,3-5,10H2,1-2H3. The zero-order valence-corrected chi connectivity index (χ0v) is 11.3. The molecule has 0 bridgehead atoms. The van der Waals surface area contributed by atoms with Crippen LogP contribution in [0.5, 0.6) is 0 Å². The monoisotopic (exact) mass is 272 g/mol. The summed E-state index contributed by atoms with van der Waals surface area (Å²) in [5, 5.41) is 0. The van der Waals surface area contributed by atoms with E-state index in [1.807, 2.05) is 0 Å². The minimum atomic E-state index is -4.32. The molecule has 106 valence electrons. The summed E-state index contributed by atoms with van der Waals surface area (Å²) in [5.74, 6) is 0.652. The number of hydrogen-bond acceptors (Lipinski definition) is 1. The first-order valence-electron chi connectivity index (χ1n) is 6.47. The lowest BCUT2D eigenvalue weighted by Crippen LogP contribution is -2.06. The van der Waals surface area contributed by atoms with Crippen LogP contribution in [0.25, 0.3) is 0 Å². The highest BCUT2D eigenvalue weighted by molar-refractivity contribution is 5.80. The molecule has 0 saturated heterocycles. The van der Waals surface area contributed by atoms with E-state index in [-0.39, 0.29) is 12.2 Å². The molecule has 0 fully saturated rings. The third-order valence-corrected chi connectivity index (χ3v) is 2.92. The van der Waals surface area contributed by atoms with E-state index in [0.717, 1.165) is 25.0 Å². The number of carbonyl (C=O) groups is 1. The Morgan fingerprint density at radius 3 is 2.21 bits per heavy atom. The van der Waals surface area contributed by atoms with Crippen LogP contribution in [0.4, 0.5) is 13.2 Å². The van der Waals surface area contributed by atoms with Gasteiger partial charge in [-0.2, -0.15) is 13.2 Å². The van der Waals surface area contributed by atoms with Crippen molar-refractivity contribution in [2.24, 2.45) is 5.92 Å². The third kappa shape index (κ3) is 5.90. The van der Waals surface area contributed by atoms with Crippen molar-refractivity contribution in [1.29, 1.82) is 0 Å². The number of ketones is 1. The van der Waals surface area contributed by atoms with Crippen molar-refractivity contribution in [3.63, 3.8) is 0 Å². The van der Waals surface area contributed by atoms with Crippen LogP contribution in [-0.4, -0.2) is 5.78 Å². The SMILES string of the molecule is CC(C)CCCC(=O)Cc1ccc(C(F)(F)F)cc1. The fourth-order valence-electron chi connectivity index (χ4n) is 1.84. The molecule has 1 rings (SSSR count). The van der Waals surface area contributed by atoms with Crippen LogP contribution >= 0.6 is 0 Å². The van der Waals surface area contributed by atoms with Crippen LogP contribution in [0.2, 0.25) is 0 Å². The minimum absolute atomic E-state index is 0.0837. The van der Waals surface area contributed by atoms with Crippen molar-refractivity contribution < 1.29 is 18.0 Å². The normalized spacial score (nSPS) is 11.9. The Labute approximate surface area is 111 Å². The molecule has 19 heavy (non-hydrogen) atoms. The summed E-state index contributed by atoms with van der Waals surface area (Å²) < 4.78 is 37.1. The van der Waals surface area contributed by atoms with Crippen molar-refractivity contribution in [3.8, 4) is 0 Å². The average Bonchev–Trinajstić information content (AvgIpc) is 2.27. The molecule has 4 heteroatoms. The predicted octanol–water partition coefficient (Wildman–Crippen LogP) is 4.64. The predicted molar refractivity (Wildman–Crippen MR) is 68.8 cm³/mol. The molecule has 0 saturated carbocycles. The van der Waals surface area contributed by atoms with Crippen LogP contribution in [-0.2, 0) is 17.4 Å². The highest BCUT2D eigenvalue weighted by atomic mass is 19.4. The Morgan fingerprint density at radius 1 is 1.16 bits per heavy atom. The van der Waals surface area contributed by atoms with E-state index < -0.39 is 11.7 Å². The second-order valence-corrected chi connectivity index (χ2v) is 5.20. The van der Waals surface area contributed by atoms with Gasteiger partial charge in [0.15, 0.2) is 0 Å². The fourth-order valence-corrected chi connectivity index (χ4v) is 1.84. The van der Waals surface area contributed by atoms with Gasteiger partial charge in [0.1, 0.15) is 5.78 Å². The van der Waals surface area contributed by atoms with Gasteiger partial charge in [0.2, 0.25) is 0 Å². The maximum Gasteiger partial charge on any atom is 0.416 e. The second kappa shape index (κ2) is 6.73. The van der Waals surface area contributed by atoms with Gasteiger partial charge in [-0.25, -0.2) is 0 Å². The Bertz CT molecular complexity index is 404. The van der Waals surface area contributed by atoms with Gasteiger partial charge in [-0.3, -0.25) is 4.79 Å². The summed E-state index contributed by atoms with van der Waals surface area (Å²) in [6, 6.07) is 4.81. The first-order chi connectivity index (χ1) is 8.79. The molecule has 0 atom stereocenters. The Kier molecular flexibility index (Phi) is 5.58. The van der Waals surface area contributed by atoms with Gasteiger partial charge in [-0.05, 0) is 30.0 Å². The molecule has 0 aliphatic carbocycles. The maximum absolute atomic E-state index is 12.4.